The van der Waals surface area contributed by atoms with Crippen LogP contribution in [-0.4, -0.2) is 23.5 Å². The first kappa shape index (κ1) is 32.7. The number of hydrogen-bond donors (Lipinski definition) is 0. The zero-order chi connectivity index (χ0) is 19.0. The fourth-order valence-corrected chi connectivity index (χ4v) is 1.79. The molecule has 0 fully saturated rings. The average Bonchev–Trinajstić information content (AvgIpc) is 2.64. The molecular weight excluding hydrogens is 326 g/mol. The van der Waals surface area contributed by atoms with Crippen molar-refractivity contribution >= 4 is 4.50 Å². The molecule has 1 aliphatic rings. The van der Waals surface area contributed by atoms with Crippen LogP contribution in [0.15, 0.2) is 12.2 Å². The van der Waals surface area contributed by atoms with Crippen molar-refractivity contribution in [1.29, 1.82) is 0 Å². The van der Waals surface area contributed by atoms with Crippen LogP contribution in [0.4, 0.5) is 0 Å². The maximum atomic E-state index is 7.50. The maximum absolute atomic E-state index is 7.50. The average molecular weight is 343 g/mol. The van der Waals surface area contributed by atoms with Gasteiger partial charge < -0.3 is 0 Å². The van der Waals surface area contributed by atoms with Gasteiger partial charge in [0.05, 0.1) is 0 Å². The topological polar surface area (TPSA) is 103 Å². The number of hydrogen-bond acceptors (Lipinski definition) is 1. The van der Waals surface area contributed by atoms with Gasteiger partial charge in [-0.15, -0.1) is 0 Å². The van der Waals surface area contributed by atoms with Gasteiger partial charge in [0.25, 0.3) is 0 Å². The second-order valence-corrected chi connectivity index (χ2v) is 4.35. The molecule has 0 saturated heterocycles. The van der Waals surface area contributed by atoms with Crippen LogP contribution in [0.3, 0.4) is 0 Å². The van der Waals surface area contributed by atoms with E-state index in [1.807, 2.05) is 0 Å². The molecule has 0 N–H and O–H groups in total. The number of rotatable bonds is 3. The molecule has 0 heterocycles. The Kier molecular flexibility index (Phi) is 54.6. The van der Waals surface area contributed by atoms with Crippen LogP contribution in [0.5, 0.6) is 0 Å². The summed E-state index contributed by atoms with van der Waals surface area (Å²) in [5, 5.41) is 0. The third kappa shape index (κ3) is 27.2. The first-order chi connectivity index (χ1) is 10.7. The molecule has 0 aromatic rings. The van der Waals surface area contributed by atoms with E-state index in [9.17, 15) is 0 Å². The summed E-state index contributed by atoms with van der Waals surface area (Å²) in [4.78, 5) is 2.17. The summed E-state index contributed by atoms with van der Waals surface area (Å²) in [6, 6.07) is 0. The standard InChI is InChI=1S/C10H17N.5CO.Cr/c1-11(2)9-8-10-6-4-3-5-7-10;5*1-2;/h4,6,10H,3,5,7-8H2,1-2H3;;;;;;. The molecule has 1 unspecified atom stereocenters. The van der Waals surface area contributed by atoms with Crippen molar-refractivity contribution in [2.45, 2.75) is 25.7 Å². The molecule has 0 bridgehead atoms. The van der Waals surface area contributed by atoms with Crippen molar-refractivity contribution in [3.8, 4) is 0 Å². The van der Waals surface area contributed by atoms with E-state index in [1.165, 1.54) is 30.2 Å². The van der Waals surface area contributed by atoms with Crippen molar-refractivity contribution in [3.63, 3.8) is 0 Å². The molecule has 0 aromatic heterocycles. The SMILES string of the molecule is CN(C)[C](=[Cr])CC1C=CCCC1.[C-]#[O+].[C-]#[O+].[C-]#[O+].[C-]#[O+].[C-]#[O+]. The molecule has 0 spiro atoms. The molecule has 118 valence electrons. The molecular formula is C15H17CrNO5. The van der Waals surface area contributed by atoms with Crippen LogP contribution in [0, 0.1) is 39.2 Å². The minimum absolute atomic E-state index is 0.775. The predicted molar refractivity (Wildman–Crippen MR) is 69.4 cm³/mol. The molecule has 0 amide bonds. The van der Waals surface area contributed by atoms with E-state index < -0.39 is 0 Å². The molecule has 0 aromatic carbocycles. The fourth-order valence-electron chi connectivity index (χ4n) is 1.46. The number of allylic oxidation sites excluding steroid dienone is 2. The molecule has 1 aliphatic carbocycles. The molecule has 0 radical (unpaired) electrons. The molecule has 1 rings (SSSR count). The van der Waals surface area contributed by atoms with E-state index in [4.69, 9.17) is 23.3 Å². The normalized spacial score (nSPS) is 13.0. The van der Waals surface area contributed by atoms with Crippen molar-refractivity contribution in [3.05, 3.63) is 45.4 Å². The molecule has 7 heteroatoms. The molecule has 0 saturated carbocycles. The zero-order valence-electron chi connectivity index (χ0n) is 12.5. The van der Waals surface area contributed by atoms with Gasteiger partial charge in [-0.3, -0.25) is 0 Å². The van der Waals surface area contributed by atoms with Gasteiger partial charge in [-0.05, 0) is 0 Å². The summed E-state index contributed by atoms with van der Waals surface area (Å²) in [5.41, 5.74) is 0. The van der Waals surface area contributed by atoms with E-state index in [0.717, 1.165) is 5.92 Å². The van der Waals surface area contributed by atoms with Gasteiger partial charge in [0.15, 0.2) is 0 Å². The van der Waals surface area contributed by atoms with Crippen LogP contribution in [-0.2, 0) is 39.1 Å². The molecule has 6 nitrogen and oxygen atoms in total. The number of nitrogens with zero attached hydrogens (tertiary/aromatic N) is 1. The Balaban J connectivity index is -0.0000000822. The van der Waals surface area contributed by atoms with E-state index in [2.05, 4.69) is 80.3 Å². The van der Waals surface area contributed by atoms with Crippen LogP contribution < -0.4 is 0 Å². The first-order valence-electron chi connectivity index (χ1n) is 5.59. The van der Waals surface area contributed by atoms with E-state index in [0.29, 0.717) is 0 Å². The third-order valence-electron chi connectivity index (χ3n) is 2.29. The van der Waals surface area contributed by atoms with Gasteiger partial charge in [-0.1, -0.05) is 0 Å². The molecule has 22 heavy (non-hydrogen) atoms. The summed E-state index contributed by atoms with van der Waals surface area (Å²) >= 11 is 3.13. The van der Waals surface area contributed by atoms with Crippen LogP contribution >= 0.6 is 0 Å². The van der Waals surface area contributed by atoms with Crippen LogP contribution in [0.2, 0.25) is 0 Å². The van der Waals surface area contributed by atoms with Gasteiger partial charge in [-0.25, -0.2) is 0 Å². The summed E-state index contributed by atoms with van der Waals surface area (Å²) < 4.78 is 38.9. The predicted octanol–water partition coefficient (Wildman–Crippen LogP) is 1.78. The summed E-state index contributed by atoms with van der Waals surface area (Å²) in [5.74, 6) is 0.775. The van der Waals surface area contributed by atoms with Crippen molar-refractivity contribution < 1.29 is 39.1 Å². The van der Waals surface area contributed by atoms with Gasteiger partial charge in [0.1, 0.15) is 0 Å². The summed E-state index contributed by atoms with van der Waals surface area (Å²) in [6.45, 7) is 22.5. The van der Waals surface area contributed by atoms with Crippen LogP contribution in [0.25, 0.3) is 0 Å². The quantitative estimate of drug-likeness (QED) is 0.435. The minimum atomic E-state index is 0.775. The Morgan fingerprint density at radius 1 is 1.00 bits per heavy atom. The van der Waals surface area contributed by atoms with E-state index in [1.54, 1.807) is 0 Å². The van der Waals surface area contributed by atoms with E-state index >= 15 is 0 Å². The fraction of sp³-hybridized carbons (Fsp3) is 0.467. The Bertz CT molecular complexity index is 332. The van der Waals surface area contributed by atoms with Crippen molar-refractivity contribution in [1.82, 2.24) is 4.90 Å². The van der Waals surface area contributed by atoms with Gasteiger partial charge in [0.2, 0.25) is 0 Å². The van der Waals surface area contributed by atoms with Gasteiger partial charge in [-0.2, -0.15) is 0 Å². The molecule has 1 atom stereocenters. The second kappa shape index (κ2) is 36.7. The molecule has 0 aliphatic heterocycles. The Morgan fingerprint density at radius 3 is 1.68 bits per heavy atom. The monoisotopic (exact) mass is 343 g/mol. The van der Waals surface area contributed by atoms with E-state index in [-0.39, 0.29) is 0 Å². The summed E-state index contributed by atoms with van der Waals surface area (Å²) in [6.07, 6.45) is 9.86. The van der Waals surface area contributed by atoms with Gasteiger partial charge >= 0.3 is 140 Å². The van der Waals surface area contributed by atoms with Crippen LogP contribution in [0.1, 0.15) is 25.7 Å². The van der Waals surface area contributed by atoms with Gasteiger partial charge in [0, 0.05) is 0 Å². The van der Waals surface area contributed by atoms with Crippen molar-refractivity contribution in [2.75, 3.05) is 14.1 Å². The zero-order valence-corrected chi connectivity index (χ0v) is 13.7. The summed E-state index contributed by atoms with van der Waals surface area (Å²) in [7, 11) is 4.19. The second-order valence-electron chi connectivity index (χ2n) is 3.61. The van der Waals surface area contributed by atoms with Crippen molar-refractivity contribution in [2.24, 2.45) is 5.92 Å². The Labute approximate surface area is 140 Å². The third-order valence-corrected chi connectivity index (χ3v) is 3.12. The first-order valence-corrected chi connectivity index (χ1v) is 6.23. The Morgan fingerprint density at radius 2 is 1.41 bits per heavy atom. The Hall–Kier alpha value is -1.20.